The summed E-state index contributed by atoms with van der Waals surface area (Å²) in [4.78, 5) is 22.6. The Bertz CT molecular complexity index is 701. The highest BCUT2D eigenvalue weighted by molar-refractivity contribution is 5.97. The van der Waals surface area contributed by atoms with E-state index in [1.165, 1.54) is 18.2 Å². The van der Waals surface area contributed by atoms with Crippen molar-refractivity contribution in [3.05, 3.63) is 47.5 Å². The molecule has 7 heteroatoms. The molecule has 0 saturated heterocycles. The number of hydrogen-bond donors (Lipinski definition) is 4. The van der Waals surface area contributed by atoms with Crippen LogP contribution in [0.25, 0.3) is 0 Å². The second kappa shape index (κ2) is 5.41. The van der Waals surface area contributed by atoms with Gasteiger partial charge in [-0.05, 0) is 24.3 Å². The molecule has 0 bridgehead atoms. The van der Waals surface area contributed by atoms with Crippen LogP contribution in [0, 0.1) is 0 Å². The molecule has 0 spiro atoms. The lowest BCUT2D eigenvalue weighted by Gasteiger charge is -2.08. The third-order valence-electron chi connectivity index (χ3n) is 2.63. The van der Waals surface area contributed by atoms with Crippen molar-refractivity contribution in [2.75, 3.05) is 0 Å². The third kappa shape index (κ3) is 2.86. The lowest BCUT2D eigenvalue weighted by atomic mass is 10.1. The van der Waals surface area contributed by atoms with Gasteiger partial charge in [-0.3, -0.25) is 0 Å². The van der Waals surface area contributed by atoms with Crippen LogP contribution in [-0.4, -0.2) is 32.4 Å². The Morgan fingerprint density at radius 1 is 0.905 bits per heavy atom. The molecule has 0 aliphatic heterocycles. The maximum absolute atomic E-state index is 11.8. The summed E-state index contributed by atoms with van der Waals surface area (Å²) in [7, 11) is 0. The van der Waals surface area contributed by atoms with Gasteiger partial charge < -0.3 is 25.2 Å². The Labute approximate surface area is 118 Å². The van der Waals surface area contributed by atoms with Crippen molar-refractivity contribution in [3.63, 3.8) is 0 Å². The van der Waals surface area contributed by atoms with Crippen LogP contribution in [0.1, 0.15) is 20.7 Å². The molecule has 7 nitrogen and oxygen atoms in total. The minimum atomic E-state index is -1.33. The number of phenols is 3. The minimum absolute atomic E-state index is 0.134. The van der Waals surface area contributed by atoms with Crippen molar-refractivity contribution >= 4 is 11.9 Å². The standard InChI is InChI=1S/C14H10O7/c15-9-2-1-3-10(16)12(9)14(20)21-7-4-5-8(13(18)19)11(17)6-7/h1-6,15-17H,(H,18,19). The number of hydrogen-bond acceptors (Lipinski definition) is 6. The fourth-order valence-electron chi connectivity index (χ4n) is 1.65. The van der Waals surface area contributed by atoms with E-state index in [2.05, 4.69) is 0 Å². The van der Waals surface area contributed by atoms with Gasteiger partial charge >= 0.3 is 11.9 Å². The summed E-state index contributed by atoms with van der Waals surface area (Å²) in [6, 6.07) is 6.90. The van der Waals surface area contributed by atoms with Crippen LogP contribution in [0.2, 0.25) is 0 Å². The van der Waals surface area contributed by atoms with E-state index in [1.807, 2.05) is 0 Å². The Kier molecular flexibility index (Phi) is 3.66. The molecule has 0 unspecified atom stereocenters. The van der Waals surface area contributed by atoms with Crippen LogP contribution in [0.15, 0.2) is 36.4 Å². The molecular formula is C14H10O7. The van der Waals surface area contributed by atoms with Gasteiger partial charge in [0, 0.05) is 6.07 Å². The number of carboxylic acid groups (broad SMARTS) is 1. The van der Waals surface area contributed by atoms with Crippen molar-refractivity contribution in [2.45, 2.75) is 0 Å². The van der Waals surface area contributed by atoms with Crippen LogP contribution >= 0.6 is 0 Å². The summed E-state index contributed by atoms with van der Waals surface area (Å²) in [6.07, 6.45) is 0. The Morgan fingerprint density at radius 2 is 1.52 bits per heavy atom. The molecule has 0 heterocycles. The summed E-state index contributed by atoms with van der Waals surface area (Å²) in [5, 5.41) is 37.3. The molecule has 0 amide bonds. The molecule has 2 aromatic rings. The van der Waals surface area contributed by atoms with Crippen molar-refractivity contribution in [2.24, 2.45) is 0 Å². The number of aromatic hydroxyl groups is 3. The van der Waals surface area contributed by atoms with Crippen LogP contribution in [0.3, 0.4) is 0 Å². The maximum atomic E-state index is 11.8. The average Bonchev–Trinajstić information content (AvgIpc) is 2.37. The number of ether oxygens (including phenoxy) is 1. The second-order valence-corrected chi connectivity index (χ2v) is 4.04. The van der Waals surface area contributed by atoms with E-state index in [-0.39, 0.29) is 11.3 Å². The highest BCUT2D eigenvalue weighted by Crippen LogP contribution is 2.29. The average molecular weight is 290 g/mol. The number of carbonyl (C=O) groups is 2. The first-order chi connectivity index (χ1) is 9.90. The Morgan fingerprint density at radius 3 is 2.05 bits per heavy atom. The number of rotatable bonds is 3. The molecule has 0 fully saturated rings. The van der Waals surface area contributed by atoms with Gasteiger partial charge in [-0.15, -0.1) is 0 Å². The quantitative estimate of drug-likeness (QED) is 0.501. The summed E-state index contributed by atoms with van der Waals surface area (Å²) >= 11 is 0. The van der Waals surface area contributed by atoms with Gasteiger partial charge in [-0.2, -0.15) is 0 Å². The molecule has 4 N–H and O–H groups in total. The number of esters is 1. The molecule has 0 aliphatic carbocycles. The number of benzene rings is 2. The highest BCUT2D eigenvalue weighted by atomic mass is 16.5. The predicted octanol–water partition coefficient (Wildman–Crippen LogP) is 1.72. The molecule has 2 rings (SSSR count). The van der Waals surface area contributed by atoms with E-state index in [0.717, 1.165) is 18.2 Å². The largest absolute Gasteiger partial charge is 0.507 e. The first-order valence-corrected chi connectivity index (χ1v) is 5.69. The molecule has 108 valence electrons. The van der Waals surface area contributed by atoms with Gasteiger partial charge in [0.2, 0.25) is 0 Å². The van der Waals surface area contributed by atoms with Gasteiger partial charge in [-0.25, -0.2) is 9.59 Å². The van der Waals surface area contributed by atoms with Crippen LogP contribution in [0.4, 0.5) is 0 Å². The molecule has 0 radical (unpaired) electrons. The number of carboxylic acids is 1. The van der Waals surface area contributed by atoms with E-state index < -0.39 is 34.8 Å². The molecular weight excluding hydrogens is 280 g/mol. The van der Waals surface area contributed by atoms with Crippen molar-refractivity contribution in [1.29, 1.82) is 0 Å². The minimum Gasteiger partial charge on any atom is -0.507 e. The SMILES string of the molecule is O=C(O)c1ccc(OC(=O)c2c(O)cccc2O)cc1O. The molecule has 0 aromatic heterocycles. The zero-order valence-corrected chi connectivity index (χ0v) is 10.5. The van der Waals surface area contributed by atoms with Crippen molar-refractivity contribution in [1.82, 2.24) is 0 Å². The van der Waals surface area contributed by atoms with Crippen LogP contribution in [-0.2, 0) is 0 Å². The van der Waals surface area contributed by atoms with Gasteiger partial charge in [0.25, 0.3) is 0 Å². The van der Waals surface area contributed by atoms with E-state index >= 15 is 0 Å². The van der Waals surface area contributed by atoms with Gasteiger partial charge in [0.15, 0.2) is 0 Å². The second-order valence-electron chi connectivity index (χ2n) is 4.04. The van der Waals surface area contributed by atoms with Crippen LogP contribution < -0.4 is 4.74 Å². The first-order valence-electron chi connectivity index (χ1n) is 5.69. The molecule has 21 heavy (non-hydrogen) atoms. The van der Waals surface area contributed by atoms with Crippen molar-refractivity contribution in [3.8, 4) is 23.0 Å². The lowest BCUT2D eigenvalue weighted by molar-refractivity contribution is 0.0693. The lowest BCUT2D eigenvalue weighted by Crippen LogP contribution is -2.09. The first kappa shape index (κ1) is 14.2. The van der Waals surface area contributed by atoms with E-state index in [9.17, 15) is 24.9 Å². The van der Waals surface area contributed by atoms with E-state index in [4.69, 9.17) is 9.84 Å². The summed E-state index contributed by atoms with van der Waals surface area (Å²) < 4.78 is 4.87. The molecule has 2 aromatic carbocycles. The van der Waals surface area contributed by atoms with Crippen molar-refractivity contribution < 1.29 is 34.8 Å². The van der Waals surface area contributed by atoms with E-state index in [0.29, 0.717) is 0 Å². The third-order valence-corrected chi connectivity index (χ3v) is 2.63. The van der Waals surface area contributed by atoms with Crippen LogP contribution in [0.5, 0.6) is 23.0 Å². The van der Waals surface area contributed by atoms with Gasteiger partial charge in [0.1, 0.15) is 34.1 Å². The maximum Gasteiger partial charge on any atom is 0.351 e. The fraction of sp³-hybridized carbons (Fsp3) is 0. The molecule has 0 atom stereocenters. The smallest absolute Gasteiger partial charge is 0.351 e. The summed E-state index contributed by atoms with van der Waals surface area (Å²) in [6.45, 7) is 0. The number of carbonyl (C=O) groups excluding carboxylic acids is 1. The zero-order chi connectivity index (χ0) is 15.6. The monoisotopic (exact) mass is 290 g/mol. The zero-order valence-electron chi connectivity index (χ0n) is 10.5. The Hall–Kier alpha value is -3.22. The summed E-state index contributed by atoms with van der Waals surface area (Å²) in [5.41, 5.74) is -0.778. The topological polar surface area (TPSA) is 124 Å². The van der Waals surface area contributed by atoms with Gasteiger partial charge in [0.05, 0.1) is 0 Å². The predicted molar refractivity (Wildman–Crippen MR) is 69.8 cm³/mol. The molecule has 0 saturated carbocycles. The fourth-order valence-corrected chi connectivity index (χ4v) is 1.65. The van der Waals surface area contributed by atoms with Gasteiger partial charge in [-0.1, -0.05) is 6.07 Å². The summed E-state index contributed by atoms with van der Waals surface area (Å²) in [5.74, 6) is -4.02. The number of aromatic carboxylic acids is 1. The number of phenolic OH excluding ortho intramolecular Hbond substituents is 2. The normalized spacial score (nSPS) is 10.1. The molecule has 0 aliphatic rings. The van der Waals surface area contributed by atoms with E-state index in [1.54, 1.807) is 0 Å². The highest BCUT2D eigenvalue weighted by Gasteiger charge is 2.19. The Balaban J connectivity index is 2.28.